The van der Waals surface area contributed by atoms with Crippen LogP contribution in [0.3, 0.4) is 0 Å². The maximum absolute atomic E-state index is 11.5. The Hall–Kier alpha value is -1.80. The van der Waals surface area contributed by atoms with Crippen molar-refractivity contribution in [3.63, 3.8) is 0 Å². The van der Waals surface area contributed by atoms with E-state index in [1.807, 2.05) is 32.0 Å². The van der Waals surface area contributed by atoms with E-state index < -0.39 is 5.56 Å². The van der Waals surface area contributed by atoms with Gasteiger partial charge in [-0.2, -0.15) is 5.26 Å². The molecule has 0 aliphatic carbocycles. The number of aromatic amines is 1. The molecule has 5 nitrogen and oxygen atoms in total. The molecule has 0 bridgehead atoms. The Kier molecular flexibility index (Phi) is 3.92. The third kappa shape index (κ3) is 2.32. The molecule has 1 unspecified atom stereocenters. The molecule has 0 amide bonds. The lowest BCUT2D eigenvalue weighted by molar-refractivity contribution is 0.280. The van der Waals surface area contributed by atoms with Gasteiger partial charge >= 0.3 is 0 Å². The van der Waals surface area contributed by atoms with Crippen molar-refractivity contribution in [1.82, 2.24) is 9.88 Å². The summed E-state index contributed by atoms with van der Waals surface area (Å²) in [5, 5.41) is 18.8. The Morgan fingerprint density at radius 3 is 2.53 bits per heavy atom. The minimum atomic E-state index is -0.542. The van der Waals surface area contributed by atoms with E-state index in [1.165, 1.54) is 0 Å². The summed E-state index contributed by atoms with van der Waals surface area (Å²) in [6.07, 6.45) is 0.776. The number of aromatic hydroxyl groups is 1. The van der Waals surface area contributed by atoms with E-state index in [0.29, 0.717) is 11.1 Å². The van der Waals surface area contributed by atoms with E-state index in [0.717, 1.165) is 6.42 Å². The van der Waals surface area contributed by atoms with Crippen molar-refractivity contribution in [1.29, 1.82) is 5.26 Å². The monoisotopic (exact) mass is 235 g/mol. The first-order valence-electron chi connectivity index (χ1n) is 5.46. The summed E-state index contributed by atoms with van der Waals surface area (Å²) in [5.41, 5.74) is 0.695. The lowest BCUT2D eigenvalue weighted by Crippen LogP contribution is -2.23. The standard InChI is InChI=1S/C12H17N3O2/c1-5-9(15(3)4)10-7(2)8(6-13)11(16)14-12(10)17/h9H,5H2,1-4H3,(H2,14,16,17). The van der Waals surface area contributed by atoms with Crippen LogP contribution in [0.15, 0.2) is 4.79 Å². The van der Waals surface area contributed by atoms with Crippen LogP contribution in [0, 0.1) is 18.3 Å². The fourth-order valence-electron chi connectivity index (χ4n) is 2.09. The molecule has 0 aliphatic heterocycles. The van der Waals surface area contributed by atoms with Gasteiger partial charge in [-0.1, -0.05) is 6.92 Å². The predicted octanol–water partition coefficient (Wildman–Crippen LogP) is 1.27. The van der Waals surface area contributed by atoms with Gasteiger partial charge in [-0.25, -0.2) is 0 Å². The second-order valence-corrected chi connectivity index (χ2v) is 4.22. The molecular formula is C12H17N3O2. The van der Waals surface area contributed by atoms with Crippen LogP contribution in [-0.4, -0.2) is 29.1 Å². The predicted molar refractivity (Wildman–Crippen MR) is 64.9 cm³/mol. The zero-order valence-electron chi connectivity index (χ0n) is 10.5. The summed E-state index contributed by atoms with van der Waals surface area (Å²) in [5.74, 6) is -0.146. The number of nitrogens with one attached hydrogen (secondary N) is 1. The van der Waals surface area contributed by atoms with Crippen LogP contribution in [-0.2, 0) is 0 Å². The number of nitrogens with zero attached hydrogens (tertiary/aromatic N) is 2. The number of hydrogen-bond donors (Lipinski definition) is 2. The van der Waals surface area contributed by atoms with Gasteiger partial charge in [0.2, 0.25) is 0 Å². The molecule has 0 radical (unpaired) electrons. The zero-order chi connectivity index (χ0) is 13.2. The minimum Gasteiger partial charge on any atom is -0.494 e. The molecule has 0 saturated carbocycles. The first-order valence-corrected chi connectivity index (χ1v) is 5.46. The van der Waals surface area contributed by atoms with Crippen LogP contribution in [0.1, 0.15) is 36.1 Å². The molecule has 92 valence electrons. The molecule has 0 aliphatic rings. The normalized spacial score (nSPS) is 12.5. The molecule has 1 aromatic heterocycles. The molecule has 1 heterocycles. The van der Waals surface area contributed by atoms with Gasteiger partial charge in [0, 0.05) is 11.6 Å². The molecule has 0 fully saturated rings. The Labute approximate surface area is 100 Å². The van der Waals surface area contributed by atoms with Crippen molar-refractivity contribution < 1.29 is 5.11 Å². The highest BCUT2D eigenvalue weighted by atomic mass is 16.3. The van der Waals surface area contributed by atoms with E-state index in [-0.39, 0.29) is 17.5 Å². The highest BCUT2D eigenvalue weighted by Gasteiger charge is 2.22. The molecule has 17 heavy (non-hydrogen) atoms. The summed E-state index contributed by atoms with van der Waals surface area (Å²) in [6, 6.07) is 1.85. The SMILES string of the molecule is CCC(c1c(O)[nH]c(=O)c(C#N)c1C)N(C)C. The van der Waals surface area contributed by atoms with Gasteiger partial charge in [0.1, 0.15) is 11.6 Å². The Morgan fingerprint density at radius 1 is 1.53 bits per heavy atom. The Bertz CT molecular complexity index is 512. The quantitative estimate of drug-likeness (QED) is 0.826. The highest BCUT2D eigenvalue weighted by molar-refractivity contribution is 5.45. The second-order valence-electron chi connectivity index (χ2n) is 4.22. The van der Waals surface area contributed by atoms with Gasteiger partial charge in [-0.05, 0) is 33.0 Å². The van der Waals surface area contributed by atoms with Crippen LogP contribution in [0.5, 0.6) is 5.88 Å². The van der Waals surface area contributed by atoms with Crippen molar-refractivity contribution in [3.8, 4) is 11.9 Å². The molecule has 0 saturated heterocycles. The van der Waals surface area contributed by atoms with Crippen molar-refractivity contribution in [2.75, 3.05) is 14.1 Å². The Morgan fingerprint density at radius 2 is 2.12 bits per heavy atom. The average Bonchev–Trinajstić information content (AvgIpc) is 2.23. The maximum atomic E-state index is 11.5. The van der Waals surface area contributed by atoms with Gasteiger partial charge < -0.3 is 10.0 Å². The third-order valence-corrected chi connectivity index (χ3v) is 2.95. The van der Waals surface area contributed by atoms with Crippen LogP contribution >= 0.6 is 0 Å². The van der Waals surface area contributed by atoms with E-state index in [4.69, 9.17) is 5.26 Å². The summed E-state index contributed by atoms with van der Waals surface area (Å²) in [7, 11) is 3.79. The number of nitriles is 1. The van der Waals surface area contributed by atoms with Gasteiger partial charge in [-0.15, -0.1) is 0 Å². The zero-order valence-corrected chi connectivity index (χ0v) is 10.5. The van der Waals surface area contributed by atoms with Gasteiger partial charge in [-0.3, -0.25) is 9.78 Å². The molecular weight excluding hydrogens is 218 g/mol. The second kappa shape index (κ2) is 5.02. The molecule has 1 atom stereocenters. The molecule has 1 rings (SSSR count). The summed E-state index contributed by atoms with van der Waals surface area (Å²) in [4.78, 5) is 15.7. The van der Waals surface area contributed by atoms with Gasteiger partial charge in [0.25, 0.3) is 5.56 Å². The van der Waals surface area contributed by atoms with Crippen molar-refractivity contribution >= 4 is 0 Å². The topological polar surface area (TPSA) is 80.1 Å². The molecule has 0 spiro atoms. The third-order valence-electron chi connectivity index (χ3n) is 2.95. The lowest BCUT2D eigenvalue weighted by Gasteiger charge is -2.25. The number of hydrogen-bond acceptors (Lipinski definition) is 4. The molecule has 2 N–H and O–H groups in total. The fourth-order valence-corrected chi connectivity index (χ4v) is 2.09. The van der Waals surface area contributed by atoms with Crippen molar-refractivity contribution in [2.45, 2.75) is 26.3 Å². The Balaban J connectivity index is 3.54. The first-order chi connectivity index (χ1) is 7.93. The van der Waals surface area contributed by atoms with Crippen LogP contribution in [0.2, 0.25) is 0 Å². The van der Waals surface area contributed by atoms with Gasteiger partial charge in [0.05, 0.1) is 0 Å². The van der Waals surface area contributed by atoms with Gasteiger partial charge in [0.15, 0.2) is 5.88 Å². The van der Waals surface area contributed by atoms with Crippen molar-refractivity contribution in [2.24, 2.45) is 0 Å². The molecule has 1 aromatic rings. The molecule has 0 aromatic carbocycles. The first kappa shape index (κ1) is 13.3. The number of aromatic nitrogens is 1. The van der Waals surface area contributed by atoms with Crippen LogP contribution in [0.25, 0.3) is 0 Å². The van der Waals surface area contributed by atoms with E-state index in [2.05, 4.69) is 4.98 Å². The number of H-pyrrole nitrogens is 1. The summed E-state index contributed by atoms with van der Waals surface area (Å²) in [6.45, 7) is 3.68. The molecule has 5 heteroatoms. The maximum Gasteiger partial charge on any atom is 0.268 e. The summed E-state index contributed by atoms with van der Waals surface area (Å²) >= 11 is 0. The van der Waals surface area contributed by atoms with Crippen molar-refractivity contribution in [3.05, 3.63) is 27.0 Å². The van der Waals surface area contributed by atoms with Crippen LogP contribution < -0.4 is 5.56 Å². The average molecular weight is 235 g/mol. The van der Waals surface area contributed by atoms with E-state index in [9.17, 15) is 9.90 Å². The van der Waals surface area contributed by atoms with E-state index >= 15 is 0 Å². The minimum absolute atomic E-state index is 0.0288. The smallest absolute Gasteiger partial charge is 0.268 e. The number of pyridine rings is 1. The fraction of sp³-hybridized carbons (Fsp3) is 0.500. The van der Waals surface area contributed by atoms with E-state index in [1.54, 1.807) is 6.92 Å². The lowest BCUT2D eigenvalue weighted by atomic mass is 9.97. The largest absolute Gasteiger partial charge is 0.494 e. The van der Waals surface area contributed by atoms with Crippen LogP contribution in [0.4, 0.5) is 0 Å². The summed E-state index contributed by atoms with van der Waals surface area (Å²) < 4.78 is 0. The highest BCUT2D eigenvalue weighted by Crippen LogP contribution is 2.31. The number of rotatable bonds is 3.